The number of amides is 1. The Balaban J connectivity index is 1.48. The highest BCUT2D eigenvalue weighted by molar-refractivity contribution is 5.79. The molecule has 2 aromatic carbocycles. The minimum absolute atomic E-state index is 0.0542. The summed E-state index contributed by atoms with van der Waals surface area (Å²) in [4.78, 5) is 14.5. The van der Waals surface area contributed by atoms with Crippen LogP contribution < -0.4 is 5.32 Å². The van der Waals surface area contributed by atoms with Gasteiger partial charge in [0.15, 0.2) is 0 Å². The van der Waals surface area contributed by atoms with Crippen LogP contribution >= 0.6 is 0 Å². The number of carbonyl (C=O) groups is 1. The van der Waals surface area contributed by atoms with Crippen molar-refractivity contribution in [2.75, 3.05) is 32.8 Å². The molecular formula is C24H32N2O3. The van der Waals surface area contributed by atoms with Crippen molar-refractivity contribution in [1.29, 1.82) is 0 Å². The Bertz CT molecular complexity index is 763. The molecule has 1 aliphatic carbocycles. The largest absolute Gasteiger partial charge is 0.449 e. The first-order valence-corrected chi connectivity index (χ1v) is 10.6. The van der Waals surface area contributed by atoms with Gasteiger partial charge >= 0.3 is 6.09 Å². The molecular weight excluding hydrogens is 364 g/mol. The van der Waals surface area contributed by atoms with E-state index in [1.807, 2.05) is 31.2 Å². The molecule has 29 heavy (non-hydrogen) atoms. The van der Waals surface area contributed by atoms with Gasteiger partial charge < -0.3 is 20.1 Å². The van der Waals surface area contributed by atoms with Crippen molar-refractivity contribution in [3.8, 4) is 11.1 Å². The molecule has 0 saturated heterocycles. The zero-order chi connectivity index (χ0) is 20.6. The normalized spacial score (nSPS) is 13.8. The van der Waals surface area contributed by atoms with Gasteiger partial charge in [0, 0.05) is 18.5 Å². The van der Waals surface area contributed by atoms with Crippen LogP contribution in [0.15, 0.2) is 48.5 Å². The van der Waals surface area contributed by atoms with Crippen LogP contribution in [0.1, 0.15) is 43.7 Å². The van der Waals surface area contributed by atoms with Gasteiger partial charge in [0.25, 0.3) is 0 Å². The highest BCUT2D eigenvalue weighted by atomic mass is 16.5. The Kier molecular flexibility index (Phi) is 7.67. The van der Waals surface area contributed by atoms with Crippen LogP contribution in [-0.2, 0) is 4.74 Å². The van der Waals surface area contributed by atoms with Gasteiger partial charge in [-0.3, -0.25) is 0 Å². The molecule has 0 fully saturated rings. The number of alkyl carbamates (subject to hydrolysis) is 1. The second-order valence-corrected chi connectivity index (χ2v) is 7.67. The minimum atomic E-state index is -0.359. The zero-order valence-corrected chi connectivity index (χ0v) is 17.4. The first-order chi connectivity index (χ1) is 14.1. The average molecular weight is 397 g/mol. The van der Waals surface area contributed by atoms with Gasteiger partial charge in [-0.25, -0.2) is 4.79 Å². The van der Waals surface area contributed by atoms with Gasteiger partial charge in [-0.1, -0.05) is 55.5 Å². The number of hydrogen-bond acceptors (Lipinski definition) is 4. The van der Waals surface area contributed by atoms with Gasteiger partial charge in [0.1, 0.15) is 6.61 Å². The number of hydrogen-bond donors (Lipinski definition) is 2. The maximum atomic E-state index is 12.3. The Labute approximate surface area is 173 Å². The van der Waals surface area contributed by atoms with Crippen LogP contribution in [0, 0.1) is 0 Å². The maximum absolute atomic E-state index is 12.3. The summed E-state index contributed by atoms with van der Waals surface area (Å²) >= 11 is 0. The molecule has 1 amide bonds. The Morgan fingerprint density at radius 3 is 2.31 bits per heavy atom. The van der Waals surface area contributed by atoms with E-state index in [1.54, 1.807) is 0 Å². The van der Waals surface area contributed by atoms with E-state index in [2.05, 4.69) is 41.4 Å². The van der Waals surface area contributed by atoms with Crippen LogP contribution in [0.3, 0.4) is 0 Å². The molecule has 1 unspecified atom stereocenters. The molecule has 0 saturated carbocycles. The van der Waals surface area contributed by atoms with Crippen molar-refractivity contribution in [3.05, 3.63) is 59.7 Å². The number of aliphatic hydroxyl groups is 1. The third kappa shape index (κ3) is 5.37. The fourth-order valence-electron chi connectivity index (χ4n) is 4.10. The summed E-state index contributed by atoms with van der Waals surface area (Å²) in [6.07, 6.45) is 1.49. The van der Waals surface area contributed by atoms with E-state index >= 15 is 0 Å². The van der Waals surface area contributed by atoms with Crippen molar-refractivity contribution in [3.63, 3.8) is 0 Å². The lowest BCUT2D eigenvalue weighted by Gasteiger charge is -2.21. The number of likely N-dealkylation sites (N-methyl/N-ethyl adjacent to an activating group) is 1. The second kappa shape index (κ2) is 10.4. The highest BCUT2D eigenvalue weighted by Gasteiger charge is 2.29. The maximum Gasteiger partial charge on any atom is 0.407 e. The number of benzene rings is 2. The average Bonchev–Trinajstić information content (AvgIpc) is 3.05. The molecule has 2 N–H and O–H groups in total. The summed E-state index contributed by atoms with van der Waals surface area (Å²) in [5.74, 6) is 0.0834. The van der Waals surface area contributed by atoms with Gasteiger partial charge in [0.05, 0.1) is 6.61 Å². The second-order valence-electron chi connectivity index (χ2n) is 7.67. The first kappa shape index (κ1) is 21.3. The Morgan fingerprint density at radius 1 is 1.10 bits per heavy atom. The monoisotopic (exact) mass is 396 g/mol. The van der Waals surface area contributed by atoms with Crippen LogP contribution in [0.2, 0.25) is 0 Å². The van der Waals surface area contributed by atoms with Crippen molar-refractivity contribution in [2.45, 2.75) is 38.6 Å². The number of nitrogens with zero attached hydrogens (tertiary/aromatic N) is 1. The predicted molar refractivity (Wildman–Crippen MR) is 116 cm³/mol. The van der Waals surface area contributed by atoms with E-state index in [0.29, 0.717) is 13.2 Å². The predicted octanol–water partition coefficient (Wildman–Crippen LogP) is 4.01. The molecule has 0 bridgehead atoms. The fourth-order valence-corrected chi connectivity index (χ4v) is 4.10. The molecule has 5 nitrogen and oxygen atoms in total. The molecule has 156 valence electrons. The smallest absolute Gasteiger partial charge is 0.407 e. The summed E-state index contributed by atoms with van der Waals surface area (Å²) in [5.41, 5.74) is 4.90. The number of rotatable bonds is 10. The zero-order valence-electron chi connectivity index (χ0n) is 17.4. The minimum Gasteiger partial charge on any atom is -0.449 e. The molecule has 0 heterocycles. The topological polar surface area (TPSA) is 61.8 Å². The van der Waals surface area contributed by atoms with Gasteiger partial charge in [0.2, 0.25) is 0 Å². The highest BCUT2D eigenvalue weighted by Crippen LogP contribution is 2.44. The molecule has 5 heteroatoms. The number of ether oxygens (including phenoxy) is 1. The van der Waals surface area contributed by atoms with Crippen LogP contribution in [0.25, 0.3) is 11.1 Å². The van der Waals surface area contributed by atoms with E-state index < -0.39 is 0 Å². The SMILES string of the molecule is CCN(CCO)CCCC(C)NC(=O)OCC1c2ccccc2-c2ccccc21. The molecule has 0 radical (unpaired) electrons. The Morgan fingerprint density at radius 2 is 1.72 bits per heavy atom. The van der Waals surface area contributed by atoms with Crippen LogP contribution in [0.4, 0.5) is 4.79 Å². The van der Waals surface area contributed by atoms with E-state index in [9.17, 15) is 4.79 Å². The lowest BCUT2D eigenvalue weighted by atomic mass is 9.98. The molecule has 0 aliphatic heterocycles. The van der Waals surface area contributed by atoms with Gasteiger partial charge in [-0.2, -0.15) is 0 Å². The summed E-state index contributed by atoms with van der Waals surface area (Å²) < 4.78 is 5.60. The number of nitrogens with one attached hydrogen (secondary N) is 1. The molecule has 0 spiro atoms. The van der Waals surface area contributed by atoms with Gasteiger partial charge in [-0.05, 0) is 55.1 Å². The molecule has 0 aromatic heterocycles. The lowest BCUT2D eigenvalue weighted by Crippen LogP contribution is -2.35. The van der Waals surface area contributed by atoms with Crippen LogP contribution in [-0.4, -0.2) is 55.0 Å². The van der Waals surface area contributed by atoms with Gasteiger partial charge in [-0.15, -0.1) is 0 Å². The number of carbonyl (C=O) groups excluding carboxylic acids is 1. The molecule has 2 aromatic rings. The Hall–Kier alpha value is -2.37. The third-order valence-corrected chi connectivity index (χ3v) is 5.68. The van der Waals surface area contributed by atoms with Crippen molar-refractivity contribution in [1.82, 2.24) is 10.2 Å². The summed E-state index contributed by atoms with van der Waals surface area (Å²) in [7, 11) is 0. The van der Waals surface area contributed by atoms with Crippen LogP contribution in [0.5, 0.6) is 0 Å². The molecule has 1 atom stereocenters. The quantitative estimate of drug-likeness (QED) is 0.637. The summed E-state index contributed by atoms with van der Waals surface area (Å²) in [5, 5.41) is 12.0. The van der Waals surface area contributed by atoms with E-state index in [1.165, 1.54) is 22.3 Å². The summed E-state index contributed by atoms with van der Waals surface area (Å²) in [6, 6.07) is 16.7. The van der Waals surface area contributed by atoms with E-state index in [4.69, 9.17) is 9.84 Å². The summed E-state index contributed by atoms with van der Waals surface area (Å²) in [6.45, 7) is 7.17. The van der Waals surface area contributed by atoms with Crippen molar-refractivity contribution in [2.24, 2.45) is 0 Å². The standard InChI is InChI=1S/C24H32N2O3/c1-3-26(15-16-27)14-8-9-18(2)25-24(28)29-17-23-21-12-6-4-10-19(21)20-11-5-7-13-22(20)23/h4-7,10-13,18,23,27H,3,8-9,14-17H2,1-2H3,(H,25,28). The van der Waals surface area contributed by atoms with Crippen molar-refractivity contribution < 1.29 is 14.6 Å². The van der Waals surface area contributed by atoms with Crippen molar-refractivity contribution >= 4 is 6.09 Å². The van der Waals surface area contributed by atoms with E-state index in [0.717, 1.165) is 25.9 Å². The fraction of sp³-hybridized carbons (Fsp3) is 0.458. The lowest BCUT2D eigenvalue weighted by molar-refractivity contribution is 0.138. The molecule has 1 aliphatic rings. The van der Waals surface area contributed by atoms with E-state index in [-0.39, 0.29) is 24.7 Å². The molecule has 3 rings (SSSR count). The number of aliphatic hydroxyl groups excluding tert-OH is 1. The third-order valence-electron chi connectivity index (χ3n) is 5.68. The first-order valence-electron chi connectivity index (χ1n) is 10.6. The number of fused-ring (bicyclic) bond motifs is 3.